The Balaban J connectivity index is 1.64. The van der Waals surface area contributed by atoms with E-state index in [-0.39, 0.29) is 11.6 Å². The quantitative estimate of drug-likeness (QED) is 0.476. The number of aromatic nitrogens is 2. The fourth-order valence-electron chi connectivity index (χ4n) is 3.94. The number of carbonyl (C=O) groups is 1. The van der Waals surface area contributed by atoms with Crippen LogP contribution in [0, 0.1) is 5.82 Å². The molecule has 4 rings (SSSR count). The maximum Gasteiger partial charge on any atom is 0.163 e. The van der Waals surface area contributed by atoms with Crippen LogP contribution < -0.4 is 9.47 Å². The van der Waals surface area contributed by atoms with Gasteiger partial charge in [-0.05, 0) is 43.9 Å². The summed E-state index contributed by atoms with van der Waals surface area (Å²) in [7, 11) is 1.57. The van der Waals surface area contributed by atoms with Crippen LogP contribution in [-0.2, 0) is 17.6 Å². The van der Waals surface area contributed by atoms with Crippen LogP contribution >= 0.6 is 0 Å². The van der Waals surface area contributed by atoms with E-state index in [1.165, 1.54) is 11.9 Å². The SMILES string of the molecule is COc1cc2c(Cc3ccc4c(c3F)C=C(C)C4)ncnc2cc1OCCCC(C)=O. The molecule has 3 aromatic rings. The van der Waals surface area contributed by atoms with E-state index in [1.54, 1.807) is 20.1 Å². The van der Waals surface area contributed by atoms with Gasteiger partial charge in [0.25, 0.3) is 0 Å². The summed E-state index contributed by atoms with van der Waals surface area (Å²) in [6.45, 7) is 3.99. The molecule has 5 nitrogen and oxygen atoms in total. The Kier molecular flexibility index (Phi) is 5.98. The van der Waals surface area contributed by atoms with E-state index in [0.29, 0.717) is 54.0 Å². The van der Waals surface area contributed by atoms with Gasteiger partial charge in [-0.25, -0.2) is 14.4 Å². The van der Waals surface area contributed by atoms with E-state index in [0.717, 1.165) is 23.1 Å². The molecule has 1 aromatic heterocycles. The second-order valence-electron chi connectivity index (χ2n) is 7.95. The fraction of sp³-hybridized carbons (Fsp3) is 0.320. The molecule has 0 bridgehead atoms. The third kappa shape index (κ3) is 4.43. The van der Waals surface area contributed by atoms with Crippen molar-refractivity contribution in [2.45, 2.75) is 39.5 Å². The summed E-state index contributed by atoms with van der Waals surface area (Å²) in [6.07, 6.45) is 5.67. The summed E-state index contributed by atoms with van der Waals surface area (Å²) in [6, 6.07) is 7.48. The van der Waals surface area contributed by atoms with Crippen LogP contribution in [0.3, 0.4) is 0 Å². The molecule has 0 N–H and O–H groups in total. The van der Waals surface area contributed by atoms with Crippen molar-refractivity contribution in [1.29, 1.82) is 0 Å². The Morgan fingerprint density at radius 2 is 2.03 bits per heavy atom. The molecule has 0 saturated carbocycles. The minimum Gasteiger partial charge on any atom is -0.493 e. The lowest BCUT2D eigenvalue weighted by Crippen LogP contribution is -2.03. The smallest absolute Gasteiger partial charge is 0.163 e. The molecule has 0 saturated heterocycles. The minimum atomic E-state index is -0.182. The zero-order chi connectivity index (χ0) is 22.0. The number of carbonyl (C=O) groups excluding carboxylic acids is 1. The summed E-state index contributed by atoms with van der Waals surface area (Å²) in [5.74, 6) is 1.07. The highest BCUT2D eigenvalue weighted by molar-refractivity contribution is 5.85. The molecule has 0 fully saturated rings. The zero-order valence-electron chi connectivity index (χ0n) is 18.0. The summed E-state index contributed by atoms with van der Waals surface area (Å²) >= 11 is 0. The Labute approximate surface area is 180 Å². The summed E-state index contributed by atoms with van der Waals surface area (Å²) < 4.78 is 26.4. The van der Waals surface area contributed by atoms with Crippen molar-refractivity contribution >= 4 is 22.8 Å². The molecule has 0 radical (unpaired) electrons. The van der Waals surface area contributed by atoms with Crippen LogP contribution in [0.4, 0.5) is 4.39 Å². The molecule has 0 spiro atoms. The first-order valence-corrected chi connectivity index (χ1v) is 10.4. The van der Waals surface area contributed by atoms with Gasteiger partial charge in [0.1, 0.15) is 17.9 Å². The largest absolute Gasteiger partial charge is 0.493 e. The van der Waals surface area contributed by atoms with Gasteiger partial charge in [0.2, 0.25) is 0 Å². The topological polar surface area (TPSA) is 61.3 Å². The van der Waals surface area contributed by atoms with Crippen molar-refractivity contribution in [3.63, 3.8) is 0 Å². The van der Waals surface area contributed by atoms with Gasteiger partial charge in [-0.2, -0.15) is 0 Å². The van der Waals surface area contributed by atoms with Gasteiger partial charge in [-0.3, -0.25) is 0 Å². The number of ketones is 1. The van der Waals surface area contributed by atoms with Crippen molar-refractivity contribution < 1.29 is 18.7 Å². The first-order valence-electron chi connectivity index (χ1n) is 10.4. The number of Topliss-reactive ketones (excluding diaryl/α,β-unsaturated/α-hetero) is 1. The Morgan fingerprint density at radius 3 is 2.81 bits per heavy atom. The van der Waals surface area contributed by atoms with E-state index in [2.05, 4.69) is 9.97 Å². The number of halogens is 1. The first kappa shape index (κ1) is 21.0. The van der Waals surface area contributed by atoms with Crippen molar-refractivity contribution in [3.8, 4) is 11.5 Å². The van der Waals surface area contributed by atoms with Crippen molar-refractivity contribution in [2.24, 2.45) is 0 Å². The monoisotopic (exact) mass is 420 g/mol. The highest BCUT2D eigenvalue weighted by atomic mass is 19.1. The fourth-order valence-corrected chi connectivity index (χ4v) is 3.94. The van der Waals surface area contributed by atoms with E-state index >= 15 is 4.39 Å². The standard InChI is InChI=1S/C25H25FN2O3/c1-15-9-17-6-7-18(25(26)19(17)10-15)11-21-20-12-23(30-3)24(13-22(20)28-14-27-21)31-8-4-5-16(2)29/h6-7,10,12-14H,4-5,8-9,11H2,1-3H3. The molecule has 1 heterocycles. The average Bonchev–Trinajstić information content (AvgIpc) is 3.14. The van der Waals surface area contributed by atoms with Crippen molar-refractivity contribution in [1.82, 2.24) is 9.97 Å². The summed E-state index contributed by atoms with van der Waals surface area (Å²) in [5.41, 5.74) is 4.91. The van der Waals surface area contributed by atoms with Gasteiger partial charge in [0.05, 0.1) is 24.9 Å². The molecule has 6 heteroatoms. The van der Waals surface area contributed by atoms with Gasteiger partial charge < -0.3 is 14.3 Å². The number of ether oxygens (including phenoxy) is 2. The molecular weight excluding hydrogens is 395 g/mol. The number of methoxy groups -OCH3 is 1. The number of fused-ring (bicyclic) bond motifs is 2. The lowest BCUT2D eigenvalue weighted by atomic mass is 10.00. The number of hydrogen-bond acceptors (Lipinski definition) is 5. The third-order valence-electron chi connectivity index (χ3n) is 5.50. The Bertz CT molecular complexity index is 1190. The van der Waals surface area contributed by atoms with Gasteiger partial charge in [0.15, 0.2) is 11.5 Å². The number of benzene rings is 2. The van der Waals surface area contributed by atoms with Crippen LogP contribution in [0.5, 0.6) is 11.5 Å². The molecule has 1 aliphatic rings. The molecule has 160 valence electrons. The minimum absolute atomic E-state index is 0.135. The molecule has 0 aliphatic heterocycles. The molecule has 0 atom stereocenters. The molecule has 0 amide bonds. The van der Waals surface area contributed by atoms with Crippen LogP contribution in [-0.4, -0.2) is 29.5 Å². The van der Waals surface area contributed by atoms with E-state index in [1.807, 2.05) is 31.2 Å². The van der Waals surface area contributed by atoms with Crippen LogP contribution in [0.15, 0.2) is 36.2 Å². The number of hydrogen-bond donors (Lipinski definition) is 0. The van der Waals surface area contributed by atoms with E-state index in [4.69, 9.17) is 9.47 Å². The molecule has 2 aromatic carbocycles. The predicted molar refractivity (Wildman–Crippen MR) is 118 cm³/mol. The van der Waals surface area contributed by atoms with Crippen molar-refractivity contribution in [3.05, 3.63) is 64.4 Å². The van der Waals surface area contributed by atoms with Crippen LogP contribution in [0.25, 0.3) is 17.0 Å². The van der Waals surface area contributed by atoms with E-state index < -0.39 is 0 Å². The summed E-state index contributed by atoms with van der Waals surface area (Å²) in [4.78, 5) is 19.9. The predicted octanol–water partition coefficient (Wildman–Crippen LogP) is 5.08. The van der Waals surface area contributed by atoms with Gasteiger partial charge >= 0.3 is 0 Å². The number of allylic oxidation sites excluding steroid dienone is 1. The molecule has 31 heavy (non-hydrogen) atoms. The maximum absolute atomic E-state index is 15.1. The maximum atomic E-state index is 15.1. The van der Waals surface area contributed by atoms with Gasteiger partial charge in [-0.1, -0.05) is 23.8 Å². The first-order chi connectivity index (χ1) is 15.0. The lowest BCUT2D eigenvalue weighted by Gasteiger charge is -2.13. The average molecular weight is 420 g/mol. The zero-order valence-corrected chi connectivity index (χ0v) is 18.0. The Hall–Kier alpha value is -3.28. The molecule has 1 aliphatic carbocycles. The van der Waals surface area contributed by atoms with Crippen LogP contribution in [0.2, 0.25) is 0 Å². The van der Waals surface area contributed by atoms with Crippen LogP contribution in [0.1, 0.15) is 49.1 Å². The normalized spacial score (nSPS) is 12.6. The number of nitrogens with zero attached hydrogens (tertiary/aromatic N) is 2. The Morgan fingerprint density at radius 1 is 1.19 bits per heavy atom. The molecular formula is C25H25FN2O3. The van der Waals surface area contributed by atoms with Crippen molar-refractivity contribution in [2.75, 3.05) is 13.7 Å². The summed E-state index contributed by atoms with van der Waals surface area (Å²) in [5, 5.41) is 0.794. The second kappa shape index (κ2) is 8.84. The highest BCUT2D eigenvalue weighted by Gasteiger charge is 2.19. The second-order valence-corrected chi connectivity index (χ2v) is 7.95. The van der Waals surface area contributed by atoms with Gasteiger partial charge in [0, 0.05) is 29.9 Å². The molecule has 0 unspecified atom stereocenters. The lowest BCUT2D eigenvalue weighted by molar-refractivity contribution is -0.117. The van der Waals surface area contributed by atoms with E-state index in [9.17, 15) is 4.79 Å². The number of rotatable bonds is 8. The van der Waals surface area contributed by atoms with Gasteiger partial charge in [-0.15, -0.1) is 0 Å². The highest BCUT2D eigenvalue weighted by Crippen LogP contribution is 2.34. The third-order valence-corrected chi connectivity index (χ3v) is 5.50.